The van der Waals surface area contributed by atoms with Gasteiger partial charge < -0.3 is 30.7 Å². The van der Waals surface area contributed by atoms with Crippen molar-refractivity contribution in [2.24, 2.45) is 18.9 Å². The number of benzene rings is 1. The van der Waals surface area contributed by atoms with Gasteiger partial charge in [0.15, 0.2) is 11.5 Å². The summed E-state index contributed by atoms with van der Waals surface area (Å²) in [5.41, 5.74) is -1.64. The Hall–Kier alpha value is -4.25. The Bertz CT molecular complexity index is 1760. The molecule has 7 rings (SSSR count). The van der Waals surface area contributed by atoms with E-state index in [0.29, 0.717) is 17.8 Å². The number of imidazole rings is 1. The predicted molar refractivity (Wildman–Crippen MR) is 157 cm³/mol. The zero-order valence-electron chi connectivity index (χ0n) is 24.7. The van der Waals surface area contributed by atoms with Gasteiger partial charge in [-0.15, -0.1) is 0 Å². The second-order valence-electron chi connectivity index (χ2n) is 12.4. The Kier molecular flexibility index (Phi) is 7.46. The highest BCUT2D eigenvalue weighted by molar-refractivity contribution is 6.34. The number of urea groups is 1. The SMILES string of the molecule is Cn1c(-c2cn(C3CC3(F)F)nc2C(F)(F)F)cnc1C(=O)Nc1ccc(C(=O)NC2C3CN(C(=O)NC4CCNC4)CC32)c(Cl)c1. The van der Waals surface area contributed by atoms with Crippen molar-refractivity contribution < 1.29 is 36.3 Å². The number of carbonyl (C=O) groups is 3. The van der Waals surface area contributed by atoms with Crippen LogP contribution in [-0.4, -0.2) is 86.3 Å². The smallest absolute Gasteiger partial charge is 0.349 e. The number of carbonyl (C=O) groups excluding carboxylic acids is 3. The van der Waals surface area contributed by atoms with E-state index in [0.717, 1.165) is 36.5 Å². The molecule has 2 saturated heterocycles. The average Bonchev–Trinajstić information content (AvgIpc) is 3.48. The number of fused-ring (bicyclic) bond motifs is 1. The summed E-state index contributed by atoms with van der Waals surface area (Å²) < 4.78 is 70.0. The molecule has 4 N–H and O–H groups in total. The van der Waals surface area contributed by atoms with Gasteiger partial charge in [-0.25, -0.2) is 18.6 Å². The van der Waals surface area contributed by atoms with Crippen molar-refractivity contribution in [2.75, 3.05) is 31.5 Å². The lowest BCUT2D eigenvalue weighted by molar-refractivity contribution is -0.141. The number of amides is 4. The van der Waals surface area contributed by atoms with Gasteiger partial charge in [0.2, 0.25) is 0 Å². The molecule has 0 spiro atoms. The maximum absolute atomic E-state index is 13.7. The lowest BCUT2D eigenvalue weighted by Crippen LogP contribution is -2.46. The van der Waals surface area contributed by atoms with Crippen molar-refractivity contribution >= 4 is 35.1 Å². The fourth-order valence-corrected chi connectivity index (χ4v) is 6.71. The molecule has 12 nitrogen and oxygen atoms in total. The van der Waals surface area contributed by atoms with Crippen LogP contribution in [0.1, 0.15) is 45.6 Å². The Morgan fingerprint density at radius 1 is 1.11 bits per heavy atom. The third-order valence-electron chi connectivity index (χ3n) is 9.22. The van der Waals surface area contributed by atoms with Crippen molar-refractivity contribution in [3.63, 3.8) is 0 Å². The van der Waals surface area contributed by atoms with E-state index in [2.05, 4.69) is 31.3 Å². The van der Waals surface area contributed by atoms with Crippen LogP contribution in [0.15, 0.2) is 30.6 Å². The third-order valence-corrected chi connectivity index (χ3v) is 9.53. The molecule has 4 amide bonds. The highest BCUT2D eigenvalue weighted by Gasteiger charge is 2.60. The summed E-state index contributed by atoms with van der Waals surface area (Å²) in [6.07, 6.45) is -2.75. The van der Waals surface area contributed by atoms with Gasteiger partial charge in [0.05, 0.1) is 28.0 Å². The van der Waals surface area contributed by atoms with Crippen molar-refractivity contribution in [1.82, 2.24) is 40.2 Å². The Morgan fingerprint density at radius 2 is 1.83 bits per heavy atom. The quantitative estimate of drug-likeness (QED) is 0.282. The number of rotatable bonds is 7. The van der Waals surface area contributed by atoms with E-state index in [-0.39, 0.29) is 57.7 Å². The molecule has 1 aromatic carbocycles. The third kappa shape index (κ3) is 5.90. The number of nitrogens with one attached hydrogen (secondary N) is 4. The summed E-state index contributed by atoms with van der Waals surface area (Å²) in [6, 6.07) is 2.71. The van der Waals surface area contributed by atoms with E-state index in [1.165, 1.54) is 25.2 Å². The zero-order valence-corrected chi connectivity index (χ0v) is 25.5. The van der Waals surface area contributed by atoms with E-state index in [1.54, 1.807) is 4.90 Å². The molecule has 4 unspecified atom stereocenters. The predicted octanol–water partition coefficient (Wildman–Crippen LogP) is 3.52. The van der Waals surface area contributed by atoms with Gasteiger partial charge in [-0.3, -0.25) is 14.3 Å². The molecule has 4 heterocycles. The lowest BCUT2D eigenvalue weighted by Gasteiger charge is -2.23. The Labute approximate surface area is 269 Å². The molecule has 2 aliphatic heterocycles. The molecule has 18 heteroatoms. The molecule has 3 aromatic rings. The van der Waals surface area contributed by atoms with Gasteiger partial charge in [-0.2, -0.15) is 18.3 Å². The molecule has 0 bridgehead atoms. The largest absolute Gasteiger partial charge is 0.435 e. The normalized spacial score (nSPS) is 25.8. The van der Waals surface area contributed by atoms with Crippen molar-refractivity contribution in [2.45, 2.75) is 43.1 Å². The first kappa shape index (κ1) is 31.4. The summed E-state index contributed by atoms with van der Waals surface area (Å²) in [5.74, 6) is -4.29. The van der Waals surface area contributed by atoms with Gasteiger partial charge in [0.25, 0.3) is 17.7 Å². The molecule has 4 aliphatic rings. The molecule has 0 radical (unpaired) electrons. The number of nitrogens with zero attached hydrogens (tertiary/aromatic N) is 5. The van der Waals surface area contributed by atoms with E-state index in [9.17, 15) is 36.3 Å². The Balaban J connectivity index is 0.974. The van der Waals surface area contributed by atoms with Crippen LogP contribution >= 0.6 is 11.6 Å². The number of halogens is 6. The van der Waals surface area contributed by atoms with E-state index in [4.69, 9.17) is 11.6 Å². The number of piperidine rings is 1. The van der Waals surface area contributed by atoms with Crippen LogP contribution in [-0.2, 0) is 13.2 Å². The molecule has 250 valence electrons. The molecule has 2 aliphatic carbocycles. The minimum atomic E-state index is -4.94. The van der Waals surface area contributed by atoms with E-state index >= 15 is 0 Å². The molecule has 4 fully saturated rings. The summed E-state index contributed by atoms with van der Waals surface area (Å²) >= 11 is 6.38. The lowest BCUT2D eigenvalue weighted by atomic mass is 10.2. The van der Waals surface area contributed by atoms with E-state index < -0.39 is 47.6 Å². The van der Waals surface area contributed by atoms with Gasteiger partial charge in [-0.05, 0) is 31.2 Å². The van der Waals surface area contributed by atoms with Crippen LogP contribution in [0.3, 0.4) is 0 Å². The number of anilines is 1. The second-order valence-corrected chi connectivity index (χ2v) is 12.8. The van der Waals surface area contributed by atoms with Crippen LogP contribution < -0.4 is 21.3 Å². The maximum Gasteiger partial charge on any atom is 0.435 e. The van der Waals surface area contributed by atoms with Gasteiger partial charge in [0.1, 0.15) is 6.04 Å². The minimum absolute atomic E-state index is 0.0527. The highest BCUT2D eigenvalue weighted by atomic mass is 35.5. The van der Waals surface area contributed by atoms with Crippen LogP contribution in [0.25, 0.3) is 11.3 Å². The topological polar surface area (TPSA) is 138 Å². The van der Waals surface area contributed by atoms with Crippen molar-refractivity contribution in [3.05, 3.63) is 52.7 Å². The monoisotopic (exact) mass is 681 g/mol. The first-order valence-corrected chi connectivity index (χ1v) is 15.3. The first-order chi connectivity index (χ1) is 22.2. The van der Waals surface area contributed by atoms with Gasteiger partial charge in [-0.1, -0.05) is 11.6 Å². The molecule has 2 aromatic heterocycles. The molecule has 2 saturated carbocycles. The molecular formula is C29H29ClF5N9O3. The standard InChI is InChI=1S/C29H29ClF5N9O3/c1-42-20(18-12-44(21-7-28(21,31)32)41-23(18)29(33,34)35)9-37-24(42)26(46)38-13-2-3-15(19(30)6-13)25(45)40-22-16-10-43(11-17(16)22)27(47)39-14-4-5-36-8-14/h2-3,6,9,12,14,16-17,21-22,36H,4-5,7-8,10-11H2,1H3,(H,38,46)(H,39,47)(H,40,45). The maximum atomic E-state index is 13.7. The first-order valence-electron chi connectivity index (χ1n) is 15.0. The van der Waals surface area contributed by atoms with Gasteiger partial charge >= 0.3 is 12.2 Å². The average molecular weight is 682 g/mol. The highest BCUT2D eigenvalue weighted by Crippen LogP contribution is 2.53. The summed E-state index contributed by atoms with van der Waals surface area (Å²) in [5, 5.41) is 15.2. The van der Waals surface area contributed by atoms with Crippen LogP contribution in [0, 0.1) is 11.8 Å². The number of hydrogen-bond donors (Lipinski definition) is 4. The zero-order chi connectivity index (χ0) is 33.4. The summed E-state index contributed by atoms with van der Waals surface area (Å²) in [6.45, 7) is 2.73. The van der Waals surface area contributed by atoms with E-state index in [1.807, 2.05) is 0 Å². The van der Waals surface area contributed by atoms with Crippen LogP contribution in [0.4, 0.5) is 32.4 Å². The Morgan fingerprint density at radius 3 is 2.45 bits per heavy atom. The number of aromatic nitrogens is 4. The van der Waals surface area contributed by atoms with Crippen molar-refractivity contribution in [1.29, 1.82) is 0 Å². The number of likely N-dealkylation sites (tertiary alicyclic amines) is 1. The fourth-order valence-electron chi connectivity index (χ4n) is 6.45. The fraction of sp³-hybridized carbons (Fsp3) is 0.483. The minimum Gasteiger partial charge on any atom is -0.349 e. The van der Waals surface area contributed by atoms with Crippen LogP contribution in [0.5, 0.6) is 0 Å². The summed E-state index contributed by atoms with van der Waals surface area (Å²) in [4.78, 5) is 44.3. The summed E-state index contributed by atoms with van der Waals surface area (Å²) in [7, 11) is 1.31. The molecular weight excluding hydrogens is 653 g/mol. The molecule has 4 atom stereocenters. The number of hydrogen-bond acceptors (Lipinski definition) is 6. The van der Waals surface area contributed by atoms with Crippen molar-refractivity contribution in [3.8, 4) is 11.3 Å². The second kappa shape index (κ2) is 11.2. The number of alkyl halides is 5. The van der Waals surface area contributed by atoms with Crippen LogP contribution in [0.2, 0.25) is 5.02 Å². The van der Waals surface area contributed by atoms with Gasteiger partial charge in [0, 0.05) is 68.9 Å². The molecule has 47 heavy (non-hydrogen) atoms.